The van der Waals surface area contributed by atoms with Crippen LogP contribution in [0.2, 0.25) is 0 Å². The number of carbonyl (C=O) groups excluding carboxylic acids is 1. The molecule has 6 heteroatoms. The first kappa shape index (κ1) is 18.4. The molecule has 28 heavy (non-hydrogen) atoms. The van der Waals surface area contributed by atoms with Crippen molar-refractivity contribution in [1.82, 2.24) is 20.0 Å². The van der Waals surface area contributed by atoms with Crippen LogP contribution < -0.4 is 0 Å². The van der Waals surface area contributed by atoms with Gasteiger partial charge in [-0.05, 0) is 38.1 Å². The van der Waals surface area contributed by atoms with E-state index in [9.17, 15) is 4.79 Å². The van der Waals surface area contributed by atoms with E-state index < -0.39 is 0 Å². The Balaban J connectivity index is 1.39. The van der Waals surface area contributed by atoms with Gasteiger partial charge in [-0.3, -0.25) is 9.69 Å². The molecule has 1 aliphatic heterocycles. The van der Waals surface area contributed by atoms with Crippen molar-refractivity contribution in [3.8, 4) is 11.5 Å². The number of benzene rings is 2. The van der Waals surface area contributed by atoms with E-state index in [0.717, 1.165) is 29.8 Å². The second-order valence-corrected chi connectivity index (χ2v) is 7.19. The highest BCUT2D eigenvalue weighted by atomic mass is 16.4. The summed E-state index contributed by atoms with van der Waals surface area (Å²) in [4.78, 5) is 16.8. The zero-order valence-corrected chi connectivity index (χ0v) is 16.2. The molecule has 0 unspecified atom stereocenters. The summed E-state index contributed by atoms with van der Waals surface area (Å²) in [7, 11) is 0. The summed E-state index contributed by atoms with van der Waals surface area (Å²) in [6.07, 6.45) is 0. The molecule has 0 bridgehead atoms. The van der Waals surface area contributed by atoms with Gasteiger partial charge in [0.1, 0.15) is 0 Å². The van der Waals surface area contributed by atoms with Crippen LogP contribution in [0.25, 0.3) is 11.5 Å². The quantitative estimate of drug-likeness (QED) is 0.697. The lowest BCUT2D eigenvalue weighted by Gasteiger charge is -2.36. The maximum absolute atomic E-state index is 12.6. The van der Waals surface area contributed by atoms with Crippen LogP contribution in [0.5, 0.6) is 0 Å². The van der Waals surface area contributed by atoms with E-state index in [1.165, 1.54) is 0 Å². The number of piperazine rings is 1. The van der Waals surface area contributed by atoms with E-state index in [4.69, 9.17) is 4.42 Å². The molecule has 0 radical (unpaired) electrons. The van der Waals surface area contributed by atoms with E-state index in [2.05, 4.69) is 22.0 Å². The number of carbonyl (C=O) groups is 1. The van der Waals surface area contributed by atoms with Crippen LogP contribution in [0, 0.1) is 6.92 Å². The van der Waals surface area contributed by atoms with Crippen molar-refractivity contribution < 1.29 is 9.21 Å². The SMILES string of the molecule is Cc1cccc(-c2nnc([C@@H](C)N3CCN(C(=O)c4ccccc4)CC3)o2)c1. The van der Waals surface area contributed by atoms with E-state index in [1.54, 1.807) is 0 Å². The number of nitrogens with zero attached hydrogens (tertiary/aromatic N) is 4. The summed E-state index contributed by atoms with van der Waals surface area (Å²) < 4.78 is 5.94. The Hall–Kier alpha value is -2.99. The number of aromatic nitrogens is 2. The van der Waals surface area contributed by atoms with Gasteiger partial charge in [-0.1, -0.05) is 35.9 Å². The fourth-order valence-electron chi connectivity index (χ4n) is 3.53. The standard InChI is InChI=1S/C22H24N4O2/c1-16-7-6-10-19(15-16)21-24-23-20(28-21)17(2)25-11-13-26(14-12-25)22(27)18-8-4-3-5-9-18/h3-10,15,17H,11-14H2,1-2H3/t17-/m1/s1. The second kappa shape index (κ2) is 7.94. The zero-order valence-electron chi connectivity index (χ0n) is 16.2. The molecule has 1 fully saturated rings. The lowest BCUT2D eigenvalue weighted by Crippen LogP contribution is -2.49. The summed E-state index contributed by atoms with van der Waals surface area (Å²) in [5.41, 5.74) is 2.83. The first-order valence-electron chi connectivity index (χ1n) is 9.60. The monoisotopic (exact) mass is 376 g/mol. The molecule has 6 nitrogen and oxygen atoms in total. The molecular formula is C22H24N4O2. The van der Waals surface area contributed by atoms with E-state index >= 15 is 0 Å². The second-order valence-electron chi connectivity index (χ2n) is 7.19. The molecule has 1 amide bonds. The number of hydrogen-bond acceptors (Lipinski definition) is 5. The smallest absolute Gasteiger partial charge is 0.253 e. The molecule has 2 aromatic carbocycles. The van der Waals surface area contributed by atoms with Gasteiger partial charge in [0, 0.05) is 37.3 Å². The van der Waals surface area contributed by atoms with Crippen molar-refractivity contribution in [3.05, 3.63) is 71.6 Å². The van der Waals surface area contributed by atoms with Crippen LogP contribution in [0.1, 0.15) is 34.8 Å². The molecule has 3 aromatic rings. The number of hydrogen-bond donors (Lipinski definition) is 0. The highest BCUT2D eigenvalue weighted by Crippen LogP contribution is 2.25. The average Bonchev–Trinajstić information content (AvgIpc) is 3.24. The highest BCUT2D eigenvalue weighted by molar-refractivity contribution is 5.94. The minimum absolute atomic E-state index is 0.0139. The Bertz CT molecular complexity index is 946. The first-order chi connectivity index (χ1) is 13.6. The van der Waals surface area contributed by atoms with Crippen LogP contribution in [0.15, 0.2) is 59.0 Å². The Morgan fingerprint density at radius 2 is 1.75 bits per heavy atom. The van der Waals surface area contributed by atoms with E-state index in [-0.39, 0.29) is 11.9 Å². The Labute approximate surface area is 164 Å². The molecular weight excluding hydrogens is 352 g/mol. The lowest BCUT2D eigenvalue weighted by atomic mass is 10.1. The maximum Gasteiger partial charge on any atom is 0.253 e. The van der Waals surface area contributed by atoms with Crippen molar-refractivity contribution in [3.63, 3.8) is 0 Å². The maximum atomic E-state index is 12.6. The number of aryl methyl sites for hydroxylation is 1. The molecule has 2 heterocycles. The van der Waals surface area contributed by atoms with Gasteiger partial charge < -0.3 is 9.32 Å². The molecule has 1 aromatic heterocycles. The molecule has 4 rings (SSSR count). The molecule has 0 spiro atoms. The molecule has 1 saturated heterocycles. The topological polar surface area (TPSA) is 62.5 Å². The molecule has 1 atom stereocenters. The number of rotatable bonds is 4. The molecule has 0 N–H and O–H groups in total. The molecule has 0 saturated carbocycles. The molecule has 1 aliphatic rings. The van der Waals surface area contributed by atoms with Gasteiger partial charge in [-0.2, -0.15) is 0 Å². The van der Waals surface area contributed by atoms with Crippen LogP contribution >= 0.6 is 0 Å². The van der Waals surface area contributed by atoms with Crippen LogP contribution in [-0.4, -0.2) is 52.1 Å². The summed E-state index contributed by atoms with van der Waals surface area (Å²) in [5.74, 6) is 1.25. The van der Waals surface area contributed by atoms with Crippen molar-refractivity contribution >= 4 is 5.91 Å². The van der Waals surface area contributed by atoms with Gasteiger partial charge in [0.05, 0.1) is 6.04 Å². The van der Waals surface area contributed by atoms with Gasteiger partial charge in [0.2, 0.25) is 11.8 Å². The third kappa shape index (κ3) is 3.82. The summed E-state index contributed by atoms with van der Waals surface area (Å²) in [5, 5.41) is 8.48. The van der Waals surface area contributed by atoms with E-state index in [1.807, 2.05) is 66.4 Å². The summed E-state index contributed by atoms with van der Waals surface area (Å²) in [6.45, 7) is 7.06. The van der Waals surface area contributed by atoms with Gasteiger partial charge >= 0.3 is 0 Å². The van der Waals surface area contributed by atoms with Crippen molar-refractivity contribution in [2.45, 2.75) is 19.9 Å². The predicted octanol–water partition coefficient (Wildman–Crippen LogP) is 3.56. The molecule has 144 valence electrons. The zero-order chi connectivity index (χ0) is 19.5. The molecule has 0 aliphatic carbocycles. The van der Waals surface area contributed by atoms with E-state index in [0.29, 0.717) is 24.9 Å². The largest absolute Gasteiger partial charge is 0.419 e. The Kier molecular flexibility index (Phi) is 5.21. The van der Waals surface area contributed by atoms with Crippen LogP contribution in [-0.2, 0) is 0 Å². The van der Waals surface area contributed by atoms with Crippen molar-refractivity contribution in [2.24, 2.45) is 0 Å². The Morgan fingerprint density at radius 1 is 1.00 bits per heavy atom. The minimum atomic E-state index is 0.0139. The predicted molar refractivity (Wildman–Crippen MR) is 107 cm³/mol. The first-order valence-corrected chi connectivity index (χ1v) is 9.60. The third-order valence-electron chi connectivity index (χ3n) is 5.23. The van der Waals surface area contributed by atoms with Gasteiger partial charge in [0.25, 0.3) is 5.91 Å². The van der Waals surface area contributed by atoms with Crippen molar-refractivity contribution in [2.75, 3.05) is 26.2 Å². The van der Waals surface area contributed by atoms with Crippen molar-refractivity contribution in [1.29, 1.82) is 0 Å². The fourth-order valence-corrected chi connectivity index (χ4v) is 3.53. The van der Waals surface area contributed by atoms with Gasteiger partial charge in [-0.15, -0.1) is 10.2 Å². The average molecular weight is 376 g/mol. The summed E-state index contributed by atoms with van der Waals surface area (Å²) in [6, 6.07) is 17.5. The van der Waals surface area contributed by atoms with Crippen LogP contribution in [0.3, 0.4) is 0 Å². The van der Waals surface area contributed by atoms with Gasteiger partial charge in [0.15, 0.2) is 0 Å². The Morgan fingerprint density at radius 3 is 2.46 bits per heavy atom. The van der Waals surface area contributed by atoms with Crippen LogP contribution in [0.4, 0.5) is 0 Å². The third-order valence-corrected chi connectivity index (χ3v) is 5.23. The summed E-state index contributed by atoms with van der Waals surface area (Å²) >= 11 is 0. The number of amides is 1. The fraction of sp³-hybridized carbons (Fsp3) is 0.318. The van der Waals surface area contributed by atoms with Gasteiger partial charge in [-0.25, -0.2) is 0 Å². The highest BCUT2D eigenvalue weighted by Gasteiger charge is 2.28. The minimum Gasteiger partial charge on any atom is -0.419 e. The normalized spacial score (nSPS) is 16.1. The lowest BCUT2D eigenvalue weighted by molar-refractivity contribution is 0.0559.